The number of nitrogens with zero attached hydrogens (tertiary/aromatic N) is 4. The molecule has 20 heavy (non-hydrogen) atoms. The molecule has 3 aromatic rings. The lowest BCUT2D eigenvalue weighted by Gasteiger charge is -2.07. The van der Waals surface area contributed by atoms with Crippen molar-refractivity contribution in [3.8, 4) is 17.2 Å². The van der Waals surface area contributed by atoms with Crippen LogP contribution in [0, 0.1) is 3.57 Å². The van der Waals surface area contributed by atoms with Gasteiger partial charge in [-0.1, -0.05) is 30.3 Å². The Morgan fingerprint density at radius 2 is 1.95 bits per heavy atom. The maximum atomic E-state index is 5.48. The Hall–Kier alpha value is -2.00. The Kier molecular flexibility index (Phi) is 3.61. The molecule has 0 unspecified atom stereocenters. The summed E-state index contributed by atoms with van der Waals surface area (Å²) in [5, 5.41) is 4.25. The highest BCUT2D eigenvalue weighted by molar-refractivity contribution is 14.1. The fourth-order valence-electron chi connectivity index (χ4n) is 1.77. The molecule has 0 aliphatic rings. The topological polar surface area (TPSA) is 81.6 Å². The van der Waals surface area contributed by atoms with Gasteiger partial charge in [-0.15, -0.1) is 0 Å². The Labute approximate surface area is 129 Å². The fourth-order valence-corrected chi connectivity index (χ4v) is 2.16. The second-order valence-corrected chi connectivity index (χ2v) is 5.29. The second kappa shape index (κ2) is 5.55. The third-order valence-corrected chi connectivity index (χ3v) is 3.24. The predicted molar refractivity (Wildman–Crippen MR) is 85.1 cm³/mol. The molecular formula is C13H11IN6. The minimum absolute atomic E-state index is 0.541. The van der Waals surface area contributed by atoms with Crippen LogP contribution in [0.25, 0.3) is 17.2 Å². The number of rotatable bonds is 3. The van der Waals surface area contributed by atoms with Gasteiger partial charge in [-0.2, -0.15) is 5.10 Å². The molecule has 0 amide bonds. The summed E-state index contributed by atoms with van der Waals surface area (Å²) in [5.74, 6) is 7.28. The first-order valence-electron chi connectivity index (χ1n) is 5.88. The molecule has 0 fully saturated rings. The maximum Gasteiger partial charge on any atom is 0.164 e. The zero-order chi connectivity index (χ0) is 13.9. The van der Waals surface area contributed by atoms with Gasteiger partial charge in [-0.3, -0.25) is 0 Å². The summed E-state index contributed by atoms with van der Waals surface area (Å²) >= 11 is 2.20. The summed E-state index contributed by atoms with van der Waals surface area (Å²) in [4.78, 5) is 8.89. The minimum atomic E-state index is 0.541. The summed E-state index contributed by atoms with van der Waals surface area (Å²) in [6, 6.07) is 11.5. The van der Waals surface area contributed by atoms with Gasteiger partial charge in [-0.25, -0.2) is 20.5 Å². The van der Waals surface area contributed by atoms with Crippen molar-refractivity contribution in [2.45, 2.75) is 0 Å². The summed E-state index contributed by atoms with van der Waals surface area (Å²) in [5.41, 5.74) is 3.48. The molecule has 6 nitrogen and oxygen atoms in total. The molecule has 3 N–H and O–H groups in total. The lowest BCUT2D eigenvalue weighted by Crippen LogP contribution is -2.11. The Morgan fingerprint density at radius 3 is 2.60 bits per heavy atom. The molecule has 0 saturated carbocycles. The Morgan fingerprint density at radius 1 is 1.15 bits per heavy atom. The van der Waals surface area contributed by atoms with Crippen LogP contribution in [0.2, 0.25) is 0 Å². The van der Waals surface area contributed by atoms with Gasteiger partial charge in [0, 0.05) is 17.8 Å². The van der Waals surface area contributed by atoms with Crippen molar-refractivity contribution < 1.29 is 0 Å². The zero-order valence-corrected chi connectivity index (χ0v) is 12.5. The minimum Gasteiger partial charge on any atom is -0.308 e. The molecule has 0 radical (unpaired) electrons. The van der Waals surface area contributed by atoms with Gasteiger partial charge in [0.05, 0.1) is 9.77 Å². The number of aromatic nitrogens is 4. The number of hydrogen-bond donors (Lipinski definition) is 2. The lowest BCUT2D eigenvalue weighted by molar-refractivity contribution is 0.841. The van der Waals surface area contributed by atoms with E-state index in [1.165, 1.54) is 0 Å². The largest absolute Gasteiger partial charge is 0.308 e. The molecule has 0 atom stereocenters. The van der Waals surface area contributed by atoms with Crippen molar-refractivity contribution in [2.75, 3.05) is 5.43 Å². The van der Waals surface area contributed by atoms with E-state index in [4.69, 9.17) is 5.84 Å². The van der Waals surface area contributed by atoms with Crippen molar-refractivity contribution in [1.82, 2.24) is 19.7 Å². The van der Waals surface area contributed by atoms with Crippen molar-refractivity contribution in [1.29, 1.82) is 0 Å². The van der Waals surface area contributed by atoms with Crippen LogP contribution in [0.4, 0.5) is 5.82 Å². The van der Waals surface area contributed by atoms with E-state index in [0.717, 1.165) is 9.13 Å². The molecular weight excluding hydrogens is 367 g/mol. The van der Waals surface area contributed by atoms with Crippen LogP contribution in [0.5, 0.6) is 0 Å². The van der Waals surface area contributed by atoms with Crippen LogP contribution in [0.15, 0.2) is 48.8 Å². The first-order valence-corrected chi connectivity index (χ1v) is 6.96. The standard InChI is InChI=1S/C13H11IN6/c14-10-7-16-20(8-10)12-6-11(19-15)17-13(18-12)9-4-2-1-3-5-9/h1-8H,15H2,(H,17,18,19). The monoisotopic (exact) mass is 378 g/mol. The average molecular weight is 378 g/mol. The first-order chi connectivity index (χ1) is 9.76. The SMILES string of the molecule is NNc1cc(-n2cc(I)cn2)nc(-c2ccccc2)n1. The number of nitrogens with two attached hydrogens (primary N) is 1. The third-order valence-electron chi connectivity index (χ3n) is 2.68. The zero-order valence-electron chi connectivity index (χ0n) is 10.4. The Bertz CT molecular complexity index is 725. The van der Waals surface area contributed by atoms with Gasteiger partial charge in [0.15, 0.2) is 11.6 Å². The highest BCUT2D eigenvalue weighted by Gasteiger charge is 2.08. The molecule has 0 spiro atoms. The van der Waals surface area contributed by atoms with Gasteiger partial charge in [-0.05, 0) is 22.6 Å². The van der Waals surface area contributed by atoms with E-state index in [0.29, 0.717) is 17.5 Å². The van der Waals surface area contributed by atoms with Gasteiger partial charge < -0.3 is 5.43 Å². The maximum absolute atomic E-state index is 5.48. The second-order valence-electron chi connectivity index (χ2n) is 4.05. The van der Waals surface area contributed by atoms with Crippen molar-refractivity contribution in [3.63, 3.8) is 0 Å². The molecule has 100 valence electrons. The summed E-state index contributed by atoms with van der Waals surface area (Å²) in [6.07, 6.45) is 3.65. The van der Waals surface area contributed by atoms with Crippen LogP contribution in [0.3, 0.4) is 0 Å². The van der Waals surface area contributed by atoms with E-state index in [2.05, 4.69) is 43.1 Å². The molecule has 3 rings (SSSR count). The summed E-state index contributed by atoms with van der Waals surface area (Å²) in [7, 11) is 0. The van der Waals surface area contributed by atoms with Gasteiger partial charge in [0.2, 0.25) is 0 Å². The molecule has 0 aliphatic heterocycles. The molecule has 7 heteroatoms. The van der Waals surface area contributed by atoms with Crippen molar-refractivity contribution in [2.24, 2.45) is 5.84 Å². The van der Waals surface area contributed by atoms with Gasteiger partial charge >= 0.3 is 0 Å². The van der Waals surface area contributed by atoms with Gasteiger partial charge in [0.1, 0.15) is 5.82 Å². The van der Waals surface area contributed by atoms with Crippen molar-refractivity contribution in [3.05, 3.63) is 52.4 Å². The van der Waals surface area contributed by atoms with E-state index in [1.54, 1.807) is 16.9 Å². The number of hydrogen-bond acceptors (Lipinski definition) is 5. The normalized spacial score (nSPS) is 10.5. The highest BCUT2D eigenvalue weighted by Crippen LogP contribution is 2.19. The highest BCUT2D eigenvalue weighted by atomic mass is 127. The summed E-state index contributed by atoms with van der Waals surface area (Å²) in [6.45, 7) is 0. The number of nitrogens with one attached hydrogen (secondary N) is 1. The fraction of sp³-hybridized carbons (Fsp3) is 0. The van der Waals surface area contributed by atoms with Crippen LogP contribution in [-0.2, 0) is 0 Å². The van der Waals surface area contributed by atoms with Gasteiger partial charge in [0.25, 0.3) is 0 Å². The van der Waals surface area contributed by atoms with E-state index in [1.807, 2.05) is 36.5 Å². The van der Waals surface area contributed by atoms with E-state index in [-0.39, 0.29) is 0 Å². The molecule has 0 aliphatic carbocycles. The smallest absolute Gasteiger partial charge is 0.164 e. The number of halogens is 1. The summed E-state index contributed by atoms with van der Waals surface area (Å²) < 4.78 is 2.72. The quantitative estimate of drug-likeness (QED) is 0.415. The number of hydrazine groups is 1. The molecule has 0 saturated heterocycles. The number of benzene rings is 1. The number of nitrogen functional groups attached to an aromatic ring is 1. The van der Waals surface area contributed by atoms with Crippen LogP contribution in [0.1, 0.15) is 0 Å². The lowest BCUT2D eigenvalue weighted by atomic mass is 10.2. The predicted octanol–water partition coefficient (Wildman–Crippen LogP) is 2.22. The van der Waals surface area contributed by atoms with E-state index >= 15 is 0 Å². The molecule has 1 aromatic carbocycles. The third kappa shape index (κ3) is 2.63. The average Bonchev–Trinajstić information content (AvgIpc) is 2.94. The first kappa shape index (κ1) is 13.0. The van der Waals surface area contributed by atoms with Crippen LogP contribution in [-0.4, -0.2) is 19.7 Å². The van der Waals surface area contributed by atoms with Crippen LogP contribution >= 0.6 is 22.6 Å². The van der Waals surface area contributed by atoms with E-state index in [9.17, 15) is 0 Å². The molecule has 0 bridgehead atoms. The van der Waals surface area contributed by atoms with Crippen LogP contribution < -0.4 is 11.3 Å². The van der Waals surface area contributed by atoms with Crippen molar-refractivity contribution >= 4 is 28.4 Å². The van der Waals surface area contributed by atoms with E-state index < -0.39 is 0 Å². The molecule has 2 aromatic heterocycles. The Balaban J connectivity index is 2.12. The molecule has 2 heterocycles. The number of anilines is 1.